The van der Waals surface area contributed by atoms with Gasteiger partial charge in [-0.1, -0.05) is 24.3 Å². The number of nitrogens with one attached hydrogen (secondary N) is 1. The van der Waals surface area contributed by atoms with Gasteiger partial charge in [-0.05, 0) is 23.6 Å². The van der Waals surface area contributed by atoms with Crippen LogP contribution in [0.25, 0.3) is 0 Å². The van der Waals surface area contributed by atoms with Crippen molar-refractivity contribution in [2.45, 2.75) is 12.3 Å². The van der Waals surface area contributed by atoms with Crippen LogP contribution in [0.5, 0.6) is 0 Å². The van der Waals surface area contributed by atoms with E-state index in [2.05, 4.69) is 11.4 Å². The quantitative estimate of drug-likeness (QED) is 0.856. The maximum Gasteiger partial charge on any atom is 0.232 e. The molecule has 20 heavy (non-hydrogen) atoms. The predicted octanol–water partition coefficient (Wildman–Crippen LogP) is 2.00. The summed E-state index contributed by atoms with van der Waals surface area (Å²) < 4.78 is 5.14. The fourth-order valence-electron chi connectivity index (χ4n) is 2.95. The molecule has 2 heterocycles. The van der Waals surface area contributed by atoms with Gasteiger partial charge in [0.05, 0.1) is 12.5 Å². The number of benzene rings is 1. The lowest BCUT2D eigenvalue weighted by atomic mass is 9.98. The first-order valence-corrected chi connectivity index (χ1v) is 7.08. The number of fused-ring (bicyclic) bond motifs is 1. The largest absolute Gasteiger partial charge is 0.384 e. The van der Waals surface area contributed by atoms with Crippen LogP contribution in [0, 0.1) is 0 Å². The van der Waals surface area contributed by atoms with Crippen LogP contribution in [0.15, 0.2) is 35.9 Å². The molecule has 1 N–H and O–H groups in total. The Labute approximate surface area is 119 Å². The lowest BCUT2D eigenvalue weighted by Gasteiger charge is -2.28. The Morgan fingerprint density at radius 3 is 3.05 bits per heavy atom. The van der Waals surface area contributed by atoms with Gasteiger partial charge in [0.25, 0.3) is 0 Å². The minimum absolute atomic E-state index is 0.0384. The average Bonchev–Trinajstić information content (AvgIpc) is 2.92. The molecule has 3 rings (SSSR count). The van der Waals surface area contributed by atoms with E-state index in [0.29, 0.717) is 19.7 Å². The van der Waals surface area contributed by atoms with Crippen LogP contribution in [0.3, 0.4) is 0 Å². The van der Waals surface area contributed by atoms with Crippen LogP contribution in [-0.4, -0.2) is 44.2 Å². The van der Waals surface area contributed by atoms with Crippen molar-refractivity contribution in [2.75, 3.05) is 38.7 Å². The van der Waals surface area contributed by atoms with Crippen LogP contribution in [-0.2, 0) is 9.53 Å². The van der Waals surface area contributed by atoms with Gasteiger partial charge in [0.15, 0.2) is 0 Å². The normalized spacial score (nSPS) is 21.1. The average molecular weight is 272 g/mol. The molecule has 2 aliphatic heterocycles. The number of hydrogen-bond donors (Lipinski definition) is 1. The Morgan fingerprint density at radius 1 is 1.45 bits per heavy atom. The van der Waals surface area contributed by atoms with Crippen molar-refractivity contribution in [1.29, 1.82) is 0 Å². The first-order chi connectivity index (χ1) is 9.79. The Kier molecular flexibility index (Phi) is 3.74. The van der Waals surface area contributed by atoms with E-state index in [0.717, 1.165) is 24.2 Å². The molecule has 1 aromatic carbocycles. The molecule has 1 atom stereocenters. The highest BCUT2D eigenvalue weighted by atomic mass is 16.5. The molecule has 0 radical (unpaired) electrons. The number of nitrogens with zero attached hydrogens (tertiary/aromatic N) is 1. The lowest BCUT2D eigenvalue weighted by molar-refractivity contribution is -0.132. The molecule has 0 aromatic heterocycles. The zero-order valence-corrected chi connectivity index (χ0v) is 11.8. The summed E-state index contributed by atoms with van der Waals surface area (Å²) in [6.07, 6.45) is 3.04. The SMILES string of the molecule is COCC1=CCN(C(=O)C2CNc3ccccc32)CC1. The van der Waals surface area contributed by atoms with E-state index >= 15 is 0 Å². The molecule has 2 aliphatic rings. The van der Waals surface area contributed by atoms with Gasteiger partial charge in [0, 0.05) is 32.4 Å². The summed E-state index contributed by atoms with van der Waals surface area (Å²) in [6, 6.07) is 8.09. The third-order valence-electron chi connectivity index (χ3n) is 4.08. The molecule has 0 saturated carbocycles. The Balaban J connectivity index is 1.69. The molecule has 1 unspecified atom stereocenters. The molecule has 4 heteroatoms. The topological polar surface area (TPSA) is 41.6 Å². The number of methoxy groups -OCH3 is 1. The Bertz CT molecular complexity index is 539. The molecular formula is C16H20N2O2. The van der Waals surface area contributed by atoms with Gasteiger partial charge in [-0.25, -0.2) is 0 Å². The molecular weight excluding hydrogens is 252 g/mol. The van der Waals surface area contributed by atoms with Crippen molar-refractivity contribution >= 4 is 11.6 Å². The molecule has 0 fully saturated rings. The molecule has 0 bridgehead atoms. The second-order valence-electron chi connectivity index (χ2n) is 5.35. The van der Waals surface area contributed by atoms with Crippen molar-refractivity contribution in [1.82, 2.24) is 4.90 Å². The molecule has 1 amide bonds. The highest BCUT2D eigenvalue weighted by molar-refractivity contribution is 5.88. The first kappa shape index (κ1) is 13.2. The second kappa shape index (κ2) is 5.67. The van der Waals surface area contributed by atoms with Crippen molar-refractivity contribution in [2.24, 2.45) is 0 Å². The maximum atomic E-state index is 12.7. The Morgan fingerprint density at radius 2 is 2.30 bits per heavy atom. The zero-order valence-electron chi connectivity index (χ0n) is 11.8. The number of hydrogen-bond acceptors (Lipinski definition) is 3. The van der Waals surface area contributed by atoms with Gasteiger partial charge in [-0.3, -0.25) is 4.79 Å². The van der Waals surface area contributed by atoms with Crippen LogP contribution in [0.4, 0.5) is 5.69 Å². The summed E-state index contributed by atoms with van der Waals surface area (Å²) in [6.45, 7) is 2.89. The van der Waals surface area contributed by atoms with E-state index in [1.54, 1.807) is 7.11 Å². The summed E-state index contributed by atoms with van der Waals surface area (Å²) in [5.74, 6) is 0.193. The summed E-state index contributed by atoms with van der Waals surface area (Å²) >= 11 is 0. The van der Waals surface area contributed by atoms with Crippen molar-refractivity contribution in [3.8, 4) is 0 Å². The summed E-state index contributed by atoms with van der Waals surface area (Å²) in [5, 5.41) is 3.32. The van der Waals surface area contributed by atoms with E-state index in [4.69, 9.17) is 4.74 Å². The minimum Gasteiger partial charge on any atom is -0.384 e. The first-order valence-electron chi connectivity index (χ1n) is 7.08. The van der Waals surface area contributed by atoms with Gasteiger partial charge in [0.1, 0.15) is 0 Å². The maximum absolute atomic E-state index is 12.7. The highest BCUT2D eigenvalue weighted by Gasteiger charge is 2.31. The van der Waals surface area contributed by atoms with Crippen LogP contribution in [0.1, 0.15) is 17.9 Å². The van der Waals surface area contributed by atoms with E-state index in [1.807, 2.05) is 29.2 Å². The molecule has 4 nitrogen and oxygen atoms in total. The number of para-hydroxylation sites is 1. The molecule has 0 aliphatic carbocycles. The van der Waals surface area contributed by atoms with E-state index in [1.165, 1.54) is 5.57 Å². The van der Waals surface area contributed by atoms with Crippen LogP contribution in [0.2, 0.25) is 0 Å². The highest BCUT2D eigenvalue weighted by Crippen LogP contribution is 2.32. The summed E-state index contributed by atoms with van der Waals surface area (Å²) in [4.78, 5) is 14.6. The van der Waals surface area contributed by atoms with Crippen molar-refractivity contribution in [3.05, 3.63) is 41.5 Å². The van der Waals surface area contributed by atoms with E-state index in [9.17, 15) is 4.79 Å². The van der Waals surface area contributed by atoms with Gasteiger partial charge in [0.2, 0.25) is 5.91 Å². The molecule has 106 valence electrons. The van der Waals surface area contributed by atoms with Crippen LogP contribution < -0.4 is 5.32 Å². The van der Waals surface area contributed by atoms with Gasteiger partial charge < -0.3 is 15.0 Å². The van der Waals surface area contributed by atoms with Crippen molar-refractivity contribution < 1.29 is 9.53 Å². The lowest BCUT2D eigenvalue weighted by Crippen LogP contribution is -2.39. The predicted molar refractivity (Wildman–Crippen MR) is 78.8 cm³/mol. The number of carbonyl (C=O) groups is 1. The smallest absolute Gasteiger partial charge is 0.232 e. The standard InChI is InChI=1S/C16H20N2O2/c1-20-11-12-6-8-18(9-7-12)16(19)14-10-17-15-5-3-2-4-13(14)15/h2-6,14,17H,7-11H2,1H3. The second-order valence-corrected chi connectivity index (χ2v) is 5.35. The van der Waals surface area contributed by atoms with Gasteiger partial charge >= 0.3 is 0 Å². The van der Waals surface area contributed by atoms with Gasteiger partial charge in [-0.15, -0.1) is 0 Å². The third-order valence-corrected chi connectivity index (χ3v) is 4.08. The minimum atomic E-state index is -0.0384. The molecule has 0 saturated heterocycles. The number of ether oxygens (including phenoxy) is 1. The third kappa shape index (κ3) is 2.43. The fraction of sp³-hybridized carbons (Fsp3) is 0.438. The number of rotatable bonds is 3. The summed E-state index contributed by atoms with van der Waals surface area (Å²) in [7, 11) is 1.71. The van der Waals surface area contributed by atoms with E-state index in [-0.39, 0.29) is 11.8 Å². The Hall–Kier alpha value is -1.81. The number of amides is 1. The van der Waals surface area contributed by atoms with Crippen LogP contribution >= 0.6 is 0 Å². The summed E-state index contributed by atoms with van der Waals surface area (Å²) in [5.41, 5.74) is 3.52. The number of anilines is 1. The fourth-order valence-corrected chi connectivity index (χ4v) is 2.95. The van der Waals surface area contributed by atoms with Crippen molar-refractivity contribution in [3.63, 3.8) is 0 Å². The van der Waals surface area contributed by atoms with Gasteiger partial charge in [-0.2, -0.15) is 0 Å². The monoisotopic (exact) mass is 272 g/mol. The zero-order chi connectivity index (χ0) is 13.9. The molecule has 1 aromatic rings. The number of carbonyl (C=O) groups excluding carboxylic acids is 1. The molecule has 0 spiro atoms. The van der Waals surface area contributed by atoms with E-state index < -0.39 is 0 Å².